The summed E-state index contributed by atoms with van der Waals surface area (Å²) in [6.45, 7) is 0.0334. The monoisotopic (exact) mass is 386 g/mol. The lowest BCUT2D eigenvalue weighted by molar-refractivity contribution is -0.138. The van der Waals surface area contributed by atoms with E-state index in [1.54, 1.807) is 47.2 Å². The maximum atomic E-state index is 12.5. The molecule has 27 heavy (non-hydrogen) atoms. The van der Waals surface area contributed by atoms with Crippen molar-refractivity contribution in [2.24, 2.45) is 0 Å². The van der Waals surface area contributed by atoms with Crippen LogP contribution in [-0.2, 0) is 26.2 Å². The Balaban J connectivity index is 1.82. The Morgan fingerprint density at radius 1 is 1.00 bits per heavy atom. The molecule has 3 aromatic rings. The van der Waals surface area contributed by atoms with Crippen LogP contribution in [0.25, 0.3) is 10.9 Å². The third kappa shape index (κ3) is 4.53. The van der Waals surface area contributed by atoms with E-state index in [1.165, 1.54) is 12.1 Å². The minimum Gasteiger partial charge on any atom is -0.481 e. The summed E-state index contributed by atoms with van der Waals surface area (Å²) in [4.78, 5) is 22.7. The molecule has 0 saturated carbocycles. The number of nitrogens with zero attached hydrogens (tertiary/aromatic N) is 1. The van der Waals surface area contributed by atoms with Crippen LogP contribution in [-0.4, -0.2) is 29.8 Å². The molecule has 7 nitrogen and oxygen atoms in total. The smallest absolute Gasteiger partial charge is 0.303 e. The summed E-state index contributed by atoms with van der Waals surface area (Å²) in [5.74, 6) is -1.22. The highest BCUT2D eigenvalue weighted by Gasteiger charge is 2.14. The molecule has 0 bridgehead atoms. The van der Waals surface area contributed by atoms with Crippen LogP contribution >= 0.6 is 0 Å². The van der Waals surface area contributed by atoms with Gasteiger partial charge in [-0.05, 0) is 35.7 Å². The zero-order chi connectivity index (χ0) is 19.4. The predicted octanol–water partition coefficient (Wildman–Crippen LogP) is 2.88. The zero-order valence-electron chi connectivity index (χ0n) is 14.3. The van der Waals surface area contributed by atoms with Gasteiger partial charge >= 0.3 is 5.97 Å². The fraction of sp³-hybridized carbons (Fsp3) is 0.158. The fourth-order valence-electron chi connectivity index (χ4n) is 2.71. The van der Waals surface area contributed by atoms with E-state index in [4.69, 9.17) is 5.11 Å². The van der Waals surface area contributed by atoms with Gasteiger partial charge in [0, 0.05) is 12.6 Å². The molecule has 2 N–H and O–H groups in total. The highest BCUT2D eigenvalue weighted by molar-refractivity contribution is 7.92. The van der Waals surface area contributed by atoms with Crippen LogP contribution in [0.2, 0.25) is 0 Å². The van der Waals surface area contributed by atoms with Gasteiger partial charge in [-0.15, -0.1) is 0 Å². The summed E-state index contributed by atoms with van der Waals surface area (Å²) >= 11 is 0. The lowest BCUT2D eigenvalue weighted by atomic mass is 10.2. The molecule has 0 fully saturated rings. The molecule has 8 heteroatoms. The Morgan fingerprint density at radius 2 is 1.74 bits per heavy atom. The number of aliphatic carboxylic acids is 1. The number of hydrogen-bond acceptors (Lipinski definition) is 4. The van der Waals surface area contributed by atoms with E-state index in [9.17, 15) is 18.0 Å². The number of anilines is 1. The lowest BCUT2D eigenvalue weighted by Gasteiger charge is -2.10. The molecule has 1 aromatic heterocycles. The van der Waals surface area contributed by atoms with Crippen molar-refractivity contribution in [2.75, 3.05) is 4.72 Å². The van der Waals surface area contributed by atoms with Crippen molar-refractivity contribution >= 4 is 38.4 Å². The Labute approximate surface area is 156 Å². The van der Waals surface area contributed by atoms with Crippen molar-refractivity contribution in [3.63, 3.8) is 0 Å². The molecule has 0 unspecified atom stereocenters. The summed E-state index contributed by atoms with van der Waals surface area (Å²) < 4.78 is 29.1. The summed E-state index contributed by atoms with van der Waals surface area (Å²) in [6.07, 6.45) is 1.47. The first kappa shape index (κ1) is 18.7. The molecule has 0 saturated heterocycles. The third-order valence-electron chi connectivity index (χ3n) is 4.04. The van der Waals surface area contributed by atoms with Gasteiger partial charge in [0.15, 0.2) is 5.78 Å². The van der Waals surface area contributed by atoms with Gasteiger partial charge in [-0.2, -0.15) is 0 Å². The van der Waals surface area contributed by atoms with Crippen LogP contribution in [0.3, 0.4) is 0 Å². The second kappa shape index (κ2) is 7.63. The molecule has 2 aromatic carbocycles. The van der Waals surface area contributed by atoms with E-state index in [0.29, 0.717) is 11.2 Å². The van der Waals surface area contributed by atoms with Crippen molar-refractivity contribution < 1.29 is 23.1 Å². The molecule has 3 rings (SSSR count). The largest absolute Gasteiger partial charge is 0.481 e. The van der Waals surface area contributed by atoms with Gasteiger partial charge in [0.2, 0.25) is 0 Å². The van der Waals surface area contributed by atoms with E-state index in [-0.39, 0.29) is 30.1 Å². The van der Waals surface area contributed by atoms with Gasteiger partial charge in [-0.25, -0.2) is 8.42 Å². The summed E-state index contributed by atoms with van der Waals surface area (Å²) in [5.41, 5.74) is 1.07. The second-order valence-electron chi connectivity index (χ2n) is 6.07. The lowest BCUT2D eigenvalue weighted by Crippen LogP contribution is -2.13. The number of ketones is 1. The second-order valence-corrected chi connectivity index (χ2v) is 7.75. The minimum absolute atomic E-state index is 0.0334. The summed E-state index contributed by atoms with van der Waals surface area (Å²) in [5, 5.41) is 9.53. The number of hydrogen-bond donors (Lipinski definition) is 2. The first-order chi connectivity index (χ1) is 12.8. The topological polar surface area (TPSA) is 105 Å². The predicted molar refractivity (Wildman–Crippen MR) is 101 cm³/mol. The molecular weight excluding hydrogens is 368 g/mol. The third-order valence-corrected chi connectivity index (χ3v) is 5.44. The number of carbonyl (C=O) groups excluding carboxylic acids is 1. The van der Waals surface area contributed by atoms with Crippen molar-refractivity contribution in [3.8, 4) is 0 Å². The average Bonchev–Trinajstić information content (AvgIpc) is 3.02. The van der Waals surface area contributed by atoms with Crippen LogP contribution in [0.4, 0.5) is 5.69 Å². The van der Waals surface area contributed by atoms with Gasteiger partial charge in [-0.3, -0.25) is 14.3 Å². The van der Waals surface area contributed by atoms with Crippen LogP contribution in [0.15, 0.2) is 65.7 Å². The number of nitrogens with one attached hydrogen (secondary N) is 1. The van der Waals surface area contributed by atoms with Crippen molar-refractivity contribution in [2.45, 2.75) is 24.3 Å². The quantitative estimate of drug-likeness (QED) is 0.619. The average molecular weight is 386 g/mol. The van der Waals surface area contributed by atoms with Crippen molar-refractivity contribution in [3.05, 3.63) is 60.8 Å². The van der Waals surface area contributed by atoms with Gasteiger partial charge in [-0.1, -0.05) is 24.3 Å². The maximum Gasteiger partial charge on any atom is 0.303 e. The number of benzene rings is 2. The molecule has 0 radical (unpaired) electrons. The molecule has 0 aliphatic carbocycles. The first-order valence-electron chi connectivity index (χ1n) is 8.25. The molecule has 0 atom stereocenters. The SMILES string of the molecule is O=C(O)CCC(=O)Cn1ccc2ccc(NS(=O)(=O)c3ccccc3)cc21. The number of carboxylic acids is 1. The highest BCUT2D eigenvalue weighted by atomic mass is 32.2. The molecule has 0 aliphatic rings. The van der Waals surface area contributed by atoms with Crippen LogP contribution in [0.1, 0.15) is 12.8 Å². The molecule has 0 spiro atoms. The highest BCUT2D eigenvalue weighted by Crippen LogP contribution is 2.23. The van der Waals surface area contributed by atoms with Crippen LogP contribution < -0.4 is 4.72 Å². The summed E-state index contributed by atoms with van der Waals surface area (Å²) in [7, 11) is -3.71. The summed E-state index contributed by atoms with van der Waals surface area (Å²) in [6, 6.07) is 14.9. The number of rotatable bonds is 8. The molecule has 0 amide bonds. The van der Waals surface area contributed by atoms with Gasteiger partial charge in [0.05, 0.1) is 29.1 Å². The Bertz CT molecular complexity index is 1090. The van der Waals surface area contributed by atoms with E-state index in [0.717, 1.165) is 5.39 Å². The number of fused-ring (bicyclic) bond motifs is 1. The van der Waals surface area contributed by atoms with Crippen LogP contribution in [0, 0.1) is 0 Å². The Kier molecular flexibility index (Phi) is 5.27. The van der Waals surface area contributed by atoms with E-state index >= 15 is 0 Å². The molecule has 1 heterocycles. The standard InChI is InChI=1S/C19H18N2O5S/c22-16(8-9-19(23)24)13-21-11-10-14-6-7-15(12-18(14)21)20-27(25,26)17-4-2-1-3-5-17/h1-7,10-12,20H,8-9,13H2,(H,23,24). The van der Waals surface area contributed by atoms with Crippen LogP contribution in [0.5, 0.6) is 0 Å². The van der Waals surface area contributed by atoms with E-state index in [2.05, 4.69) is 4.72 Å². The zero-order valence-corrected chi connectivity index (χ0v) is 15.1. The molecule has 0 aliphatic heterocycles. The number of aromatic nitrogens is 1. The number of sulfonamides is 1. The number of carboxylic acid groups (broad SMARTS) is 1. The Hall–Kier alpha value is -3.13. The molecule has 140 valence electrons. The fourth-order valence-corrected chi connectivity index (χ4v) is 3.78. The molecular formula is C19H18N2O5S. The van der Waals surface area contributed by atoms with Gasteiger partial charge < -0.3 is 9.67 Å². The first-order valence-corrected chi connectivity index (χ1v) is 9.74. The maximum absolute atomic E-state index is 12.5. The van der Waals surface area contributed by atoms with Crippen molar-refractivity contribution in [1.29, 1.82) is 0 Å². The number of Topliss-reactive ketones (excluding diaryl/α,β-unsaturated/α-hetero) is 1. The minimum atomic E-state index is -3.71. The normalized spacial score (nSPS) is 11.4. The Morgan fingerprint density at radius 3 is 2.44 bits per heavy atom. The van der Waals surface area contributed by atoms with Crippen molar-refractivity contribution in [1.82, 2.24) is 4.57 Å². The van der Waals surface area contributed by atoms with E-state index in [1.807, 2.05) is 6.07 Å². The van der Waals surface area contributed by atoms with E-state index < -0.39 is 16.0 Å². The number of carbonyl (C=O) groups is 2. The van der Waals surface area contributed by atoms with Gasteiger partial charge in [0.25, 0.3) is 10.0 Å². The van der Waals surface area contributed by atoms with Gasteiger partial charge in [0.1, 0.15) is 0 Å².